The molecule has 2 N–H and O–H groups in total. The minimum absolute atomic E-state index is 0.0581. The van der Waals surface area contributed by atoms with Crippen molar-refractivity contribution >= 4 is 29.5 Å². The molecule has 0 atom stereocenters. The summed E-state index contributed by atoms with van der Waals surface area (Å²) in [5, 5.41) is 10.8. The van der Waals surface area contributed by atoms with Crippen LogP contribution in [0.2, 0.25) is 0 Å². The Kier molecular flexibility index (Phi) is 2.84. The van der Waals surface area contributed by atoms with Gasteiger partial charge in [0.2, 0.25) is 0 Å². The van der Waals surface area contributed by atoms with Crippen molar-refractivity contribution in [3.63, 3.8) is 0 Å². The number of nitrogens with zero attached hydrogens (tertiary/aromatic N) is 1. The zero-order chi connectivity index (χ0) is 11.7. The monoisotopic (exact) mass is 252 g/mol. The Morgan fingerprint density at radius 3 is 2.94 bits per heavy atom. The number of aryl methyl sites for hydroxylation is 1. The first kappa shape index (κ1) is 11.0. The predicted molar refractivity (Wildman–Crippen MR) is 64.4 cm³/mol. The van der Waals surface area contributed by atoms with Crippen LogP contribution in [0.4, 0.5) is 0 Å². The first-order valence-electron chi connectivity index (χ1n) is 4.47. The highest BCUT2D eigenvalue weighted by molar-refractivity contribution is 7.71. The average molecular weight is 252 g/mol. The number of carbonyl (C=O) groups is 1. The van der Waals surface area contributed by atoms with Gasteiger partial charge >= 0.3 is 5.97 Å². The quantitative estimate of drug-likeness (QED) is 0.806. The highest BCUT2D eigenvalue weighted by Gasteiger charge is 2.10. The normalized spacial score (nSPS) is 10.3. The van der Waals surface area contributed by atoms with Crippen molar-refractivity contribution in [2.75, 3.05) is 0 Å². The minimum atomic E-state index is -1.04. The molecule has 2 rings (SSSR count). The van der Waals surface area contributed by atoms with Gasteiger partial charge in [-0.05, 0) is 23.9 Å². The van der Waals surface area contributed by atoms with Crippen molar-refractivity contribution in [3.05, 3.63) is 33.4 Å². The van der Waals surface area contributed by atoms with Crippen LogP contribution in [0, 0.1) is 11.6 Å². The van der Waals surface area contributed by atoms with Crippen molar-refractivity contribution < 1.29 is 9.90 Å². The number of rotatable bonds is 2. The summed E-state index contributed by atoms with van der Waals surface area (Å²) < 4.78 is 0.277. The third-order valence-electron chi connectivity index (χ3n) is 2.05. The molecule has 0 unspecified atom stereocenters. The van der Waals surface area contributed by atoms with Crippen molar-refractivity contribution in [1.82, 2.24) is 9.97 Å². The number of aromatic nitrogens is 2. The van der Waals surface area contributed by atoms with Crippen LogP contribution >= 0.6 is 23.6 Å². The second-order valence-electron chi connectivity index (χ2n) is 3.22. The van der Waals surface area contributed by atoms with Gasteiger partial charge in [-0.25, -0.2) is 9.78 Å². The van der Waals surface area contributed by atoms with Gasteiger partial charge in [-0.3, -0.25) is 0 Å². The molecule has 2 aromatic heterocycles. The molecule has 0 aliphatic heterocycles. The molecular weight excluding hydrogens is 244 g/mol. The van der Waals surface area contributed by atoms with Gasteiger partial charge in [0.1, 0.15) is 16.2 Å². The summed E-state index contributed by atoms with van der Waals surface area (Å²) in [6.45, 7) is 1.94. The van der Waals surface area contributed by atoms with E-state index in [9.17, 15) is 4.79 Å². The van der Waals surface area contributed by atoms with E-state index in [0.29, 0.717) is 5.82 Å². The average Bonchev–Trinajstić information content (AvgIpc) is 2.63. The van der Waals surface area contributed by atoms with Gasteiger partial charge in [-0.15, -0.1) is 11.3 Å². The summed E-state index contributed by atoms with van der Waals surface area (Å²) in [4.78, 5) is 18.7. The summed E-state index contributed by atoms with van der Waals surface area (Å²) in [5.74, 6) is -0.527. The second-order valence-corrected chi connectivity index (χ2v) is 4.55. The molecule has 0 spiro atoms. The van der Waals surface area contributed by atoms with E-state index in [4.69, 9.17) is 17.3 Å². The molecule has 0 amide bonds. The van der Waals surface area contributed by atoms with Crippen molar-refractivity contribution in [1.29, 1.82) is 0 Å². The lowest BCUT2D eigenvalue weighted by atomic mass is 10.3. The first-order chi connectivity index (χ1) is 7.58. The zero-order valence-corrected chi connectivity index (χ0v) is 9.98. The first-order valence-corrected chi connectivity index (χ1v) is 5.76. The molecular formula is C10H8N2O2S2. The Morgan fingerprint density at radius 2 is 2.38 bits per heavy atom. The van der Waals surface area contributed by atoms with Crippen molar-refractivity contribution in [2.24, 2.45) is 0 Å². The molecule has 4 nitrogen and oxygen atoms in total. The Bertz CT molecular complexity index is 601. The topological polar surface area (TPSA) is 66.0 Å². The summed E-state index contributed by atoms with van der Waals surface area (Å²) >= 11 is 6.43. The van der Waals surface area contributed by atoms with E-state index in [-0.39, 0.29) is 10.3 Å². The third kappa shape index (κ3) is 2.02. The van der Waals surface area contributed by atoms with Gasteiger partial charge < -0.3 is 10.1 Å². The number of hydrogen-bond acceptors (Lipinski definition) is 4. The molecule has 0 aromatic carbocycles. The van der Waals surface area contributed by atoms with E-state index in [1.165, 1.54) is 17.4 Å². The molecule has 2 heterocycles. The Labute approximate surface area is 101 Å². The predicted octanol–water partition coefficient (Wildman–Crippen LogP) is 2.87. The lowest BCUT2D eigenvalue weighted by Gasteiger charge is -2.01. The number of H-pyrrole nitrogens is 1. The number of carboxylic acids is 1. The lowest BCUT2D eigenvalue weighted by Crippen LogP contribution is -2.02. The number of aromatic amines is 1. The van der Waals surface area contributed by atoms with Crippen LogP contribution in [0.25, 0.3) is 10.7 Å². The summed E-state index contributed by atoms with van der Waals surface area (Å²) in [5.41, 5.74) is 1.11. The SMILES string of the molecule is Cc1ccsc1-c1nc(=S)cc(C(=O)O)[nH]1. The fourth-order valence-electron chi connectivity index (χ4n) is 1.30. The highest BCUT2D eigenvalue weighted by atomic mass is 32.1. The fraction of sp³-hybridized carbons (Fsp3) is 0.100. The van der Waals surface area contributed by atoms with Crippen molar-refractivity contribution in [3.8, 4) is 10.7 Å². The van der Waals surface area contributed by atoms with Gasteiger partial charge in [0.25, 0.3) is 0 Å². The second kappa shape index (κ2) is 4.15. The Hall–Kier alpha value is -1.53. The van der Waals surface area contributed by atoms with Crippen LogP contribution in [0.3, 0.4) is 0 Å². The lowest BCUT2D eigenvalue weighted by molar-refractivity contribution is 0.0690. The number of carboxylic acid groups (broad SMARTS) is 1. The summed E-state index contributed by atoms with van der Waals surface area (Å²) in [6.07, 6.45) is 0. The molecule has 6 heteroatoms. The molecule has 2 aromatic rings. The Balaban J connectivity index is 2.63. The third-order valence-corrected chi connectivity index (χ3v) is 3.28. The number of hydrogen-bond donors (Lipinski definition) is 2. The van der Waals surface area contributed by atoms with E-state index in [0.717, 1.165) is 10.4 Å². The molecule has 0 aliphatic rings. The van der Waals surface area contributed by atoms with Crippen LogP contribution in [0.1, 0.15) is 16.1 Å². The van der Waals surface area contributed by atoms with Gasteiger partial charge in [-0.1, -0.05) is 12.2 Å². The standard InChI is InChI=1S/C10H8N2O2S2/c1-5-2-3-16-8(5)9-11-6(10(13)14)4-7(15)12-9/h2-4H,1H3,(H,13,14)(H,11,12,15). The zero-order valence-electron chi connectivity index (χ0n) is 8.35. The van der Waals surface area contributed by atoms with E-state index in [1.807, 2.05) is 18.4 Å². The van der Waals surface area contributed by atoms with Crippen LogP contribution < -0.4 is 0 Å². The van der Waals surface area contributed by atoms with E-state index in [2.05, 4.69) is 9.97 Å². The largest absolute Gasteiger partial charge is 0.477 e. The van der Waals surface area contributed by atoms with Gasteiger partial charge in [0.15, 0.2) is 0 Å². The maximum Gasteiger partial charge on any atom is 0.352 e. The molecule has 0 saturated carbocycles. The number of aromatic carboxylic acids is 1. The molecule has 0 saturated heterocycles. The molecule has 0 aliphatic carbocycles. The van der Waals surface area contributed by atoms with Gasteiger partial charge in [0, 0.05) is 6.07 Å². The maximum absolute atomic E-state index is 10.9. The molecule has 0 radical (unpaired) electrons. The number of thiophene rings is 1. The molecule has 82 valence electrons. The van der Waals surface area contributed by atoms with E-state index >= 15 is 0 Å². The van der Waals surface area contributed by atoms with Crippen LogP contribution in [-0.2, 0) is 0 Å². The summed E-state index contributed by atoms with van der Waals surface area (Å²) in [7, 11) is 0. The molecule has 16 heavy (non-hydrogen) atoms. The van der Waals surface area contributed by atoms with Crippen molar-refractivity contribution in [2.45, 2.75) is 6.92 Å². The number of nitrogens with one attached hydrogen (secondary N) is 1. The van der Waals surface area contributed by atoms with Crippen LogP contribution in [0.5, 0.6) is 0 Å². The molecule has 0 fully saturated rings. The fourth-order valence-corrected chi connectivity index (χ4v) is 2.38. The van der Waals surface area contributed by atoms with Crippen LogP contribution in [0.15, 0.2) is 17.5 Å². The molecule has 0 bridgehead atoms. The van der Waals surface area contributed by atoms with Crippen LogP contribution in [-0.4, -0.2) is 21.0 Å². The summed E-state index contributed by atoms with van der Waals surface area (Å²) in [6, 6.07) is 3.29. The van der Waals surface area contributed by atoms with E-state index < -0.39 is 5.97 Å². The minimum Gasteiger partial charge on any atom is -0.477 e. The van der Waals surface area contributed by atoms with E-state index in [1.54, 1.807) is 0 Å². The Morgan fingerprint density at radius 1 is 1.62 bits per heavy atom. The maximum atomic E-state index is 10.9. The highest BCUT2D eigenvalue weighted by Crippen LogP contribution is 2.25. The van der Waals surface area contributed by atoms with Gasteiger partial charge in [-0.2, -0.15) is 0 Å². The van der Waals surface area contributed by atoms with Gasteiger partial charge in [0.05, 0.1) is 4.88 Å². The smallest absolute Gasteiger partial charge is 0.352 e.